The predicted molar refractivity (Wildman–Crippen MR) is 86.8 cm³/mol. The quantitative estimate of drug-likeness (QED) is 0.503. The van der Waals surface area contributed by atoms with Gasteiger partial charge >= 0.3 is 17.9 Å². The number of aliphatic hydroxyl groups excluding tert-OH is 1. The van der Waals surface area contributed by atoms with E-state index in [2.05, 4.69) is 0 Å². The van der Waals surface area contributed by atoms with Crippen LogP contribution in [-0.2, 0) is 38.1 Å². The lowest BCUT2D eigenvalue weighted by Gasteiger charge is -2.22. The summed E-state index contributed by atoms with van der Waals surface area (Å²) in [5.41, 5.74) is 0. The van der Waals surface area contributed by atoms with Crippen molar-refractivity contribution >= 4 is 23.7 Å². The van der Waals surface area contributed by atoms with Gasteiger partial charge in [0, 0.05) is 19.6 Å². The third kappa shape index (κ3) is 6.93. The molecule has 5 atom stereocenters. The molecule has 0 amide bonds. The highest BCUT2D eigenvalue weighted by atomic mass is 16.6. The number of hydrogen-bond acceptors (Lipinski definition) is 9. The van der Waals surface area contributed by atoms with E-state index in [1.807, 2.05) is 0 Å². The van der Waals surface area contributed by atoms with Gasteiger partial charge < -0.3 is 24.1 Å². The lowest BCUT2D eigenvalue weighted by atomic mass is 10.1. The van der Waals surface area contributed by atoms with Crippen LogP contribution in [0.25, 0.3) is 0 Å². The van der Waals surface area contributed by atoms with E-state index >= 15 is 0 Å². The van der Waals surface area contributed by atoms with Crippen LogP contribution in [-0.4, -0.2) is 66.4 Å². The molecule has 0 spiro atoms. The zero-order valence-electron chi connectivity index (χ0n) is 15.2. The summed E-state index contributed by atoms with van der Waals surface area (Å²) in [5, 5.41) is 9.93. The first-order valence-corrected chi connectivity index (χ1v) is 8.16. The third-order valence-electron chi connectivity index (χ3n) is 3.68. The second-order valence-corrected chi connectivity index (χ2v) is 5.97. The lowest BCUT2D eigenvalue weighted by molar-refractivity contribution is -0.167. The first kappa shape index (κ1) is 21.8. The largest absolute Gasteiger partial charge is 0.459 e. The number of Topliss-reactive ketones (excluding diaryl/α,β-unsaturated/α-hetero) is 1. The molecule has 0 aromatic rings. The smallest absolute Gasteiger partial charge is 0.336 e. The molecule has 146 valence electrons. The molecule has 1 aliphatic heterocycles. The first-order chi connectivity index (χ1) is 12.1. The maximum absolute atomic E-state index is 12.1. The molecule has 5 unspecified atom stereocenters. The number of cyclic esters (lactones) is 3. The molecular formula is C17H24O9. The van der Waals surface area contributed by atoms with Crippen LogP contribution >= 0.6 is 0 Å². The average molecular weight is 372 g/mol. The van der Waals surface area contributed by atoms with Gasteiger partial charge in [-0.2, -0.15) is 0 Å². The number of methoxy groups -OCH3 is 1. The number of ether oxygens (including phenoxy) is 4. The SMILES string of the molecule is COC1CC(=O)C(C)OC(=O)CC(C)OC(=O)C=CC(O)C(C)OC1=O. The fourth-order valence-corrected chi connectivity index (χ4v) is 2.10. The maximum Gasteiger partial charge on any atom is 0.336 e. The number of esters is 3. The normalized spacial score (nSPS) is 32.6. The second-order valence-electron chi connectivity index (χ2n) is 5.97. The van der Waals surface area contributed by atoms with Gasteiger partial charge in [-0.25, -0.2) is 9.59 Å². The zero-order valence-corrected chi connectivity index (χ0v) is 15.2. The van der Waals surface area contributed by atoms with Gasteiger partial charge in [0.2, 0.25) is 0 Å². The van der Waals surface area contributed by atoms with Crippen LogP contribution in [0.2, 0.25) is 0 Å². The first-order valence-electron chi connectivity index (χ1n) is 8.16. The highest BCUT2D eigenvalue weighted by Gasteiger charge is 2.30. The summed E-state index contributed by atoms with van der Waals surface area (Å²) >= 11 is 0. The van der Waals surface area contributed by atoms with Gasteiger partial charge in [0.05, 0.1) is 6.42 Å². The van der Waals surface area contributed by atoms with Crippen molar-refractivity contribution in [2.24, 2.45) is 0 Å². The fraction of sp³-hybridized carbons (Fsp3) is 0.647. The van der Waals surface area contributed by atoms with Crippen LogP contribution in [0.5, 0.6) is 0 Å². The molecule has 26 heavy (non-hydrogen) atoms. The van der Waals surface area contributed by atoms with Crippen molar-refractivity contribution in [1.82, 2.24) is 0 Å². The number of carbonyl (C=O) groups is 4. The van der Waals surface area contributed by atoms with Crippen LogP contribution in [0.15, 0.2) is 12.2 Å². The Morgan fingerprint density at radius 2 is 1.69 bits per heavy atom. The Labute approximate surface area is 151 Å². The van der Waals surface area contributed by atoms with E-state index in [0.29, 0.717) is 0 Å². The van der Waals surface area contributed by atoms with E-state index < -0.39 is 54.2 Å². The summed E-state index contributed by atoms with van der Waals surface area (Å²) in [5.74, 6) is -2.91. The number of rotatable bonds is 1. The van der Waals surface area contributed by atoms with Crippen molar-refractivity contribution in [1.29, 1.82) is 0 Å². The van der Waals surface area contributed by atoms with Crippen LogP contribution in [0.1, 0.15) is 33.6 Å². The van der Waals surface area contributed by atoms with Crippen LogP contribution in [0.4, 0.5) is 0 Å². The summed E-state index contributed by atoms with van der Waals surface area (Å²) in [6.45, 7) is 4.28. The minimum absolute atomic E-state index is 0.244. The molecule has 0 saturated carbocycles. The van der Waals surface area contributed by atoms with Crippen LogP contribution in [0.3, 0.4) is 0 Å². The summed E-state index contributed by atoms with van der Waals surface area (Å²) in [7, 11) is 1.23. The number of ketones is 1. The minimum atomic E-state index is -1.27. The molecule has 0 fully saturated rings. The maximum atomic E-state index is 12.1. The van der Waals surface area contributed by atoms with Crippen molar-refractivity contribution in [2.75, 3.05) is 7.11 Å². The summed E-state index contributed by atoms with van der Waals surface area (Å²) < 4.78 is 20.0. The molecule has 1 rings (SSSR count). The van der Waals surface area contributed by atoms with Gasteiger partial charge in [-0.05, 0) is 26.8 Å². The van der Waals surface area contributed by atoms with Crippen LogP contribution in [0, 0.1) is 0 Å². The van der Waals surface area contributed by atoms with Crippen molar-refractivity contribution in [3.05, 3.63) is 12.2 Å². The zero-order chi connectivity index (χ0) is 19.9. The fourth-order valence-electron chi connectivity index (χ4n) is 2.10. The van der Waals surface area contributed by atoms with Crippen molar-refractivity contribution < 1.29 is 43.2 Å². The molecule has 0 saturated heterocycles. The molecule has 9 heteroatoms. The van der Waals surface area contributed by atoms with Gasteiger partial charge in [0.1, 0.15) is 18.3 Å². The minimum Gasteiger partial charge on any atom is -0.459 e. The molecule has 0 aliphatic carbocycles. The summed E-state index contributed by atoms with van der Waals surface area (Å²) in [6, 6.07) is 0. The molecule has 0 aromatic carbocycles. The van der Waals surface area contributed by atoms with Crippen LogP contribution < -0.4 is 0 Å². The van der Waals surface area contributed by atoms with Gasteiger partial charge in [0.25, 0.3) is 0 Å². The Morgan fingerprint density at radius 1 is 1.04 bits per heavy atom. The summed E-state index contributed by atoms with van der Waals surface area (Å²) in [4.78, 5) is 47.7. The highest BCUT2D eigenvalue weighted by Crippen LogP contribution is 2.11. The van der Waals surface area contributed by atoms with Gasteiger partial charge in [-0.1, -0.05) is 0 Å². The molecule has 9 nitrogen and oxygen atoms in total. The Bertz CT molecular complexity index is 569. The number of hydrogen-bond donors (Lipinski definition) is 1. The third-order valence-corrected chi connectivity index (χ3v) is 3.68. The molecule has 0 radical (unpaired) electrons. The van der Waals surface area contributed by atoms with E-state index in [-0.39, 0.29) is 12.8 Å². The van der Waals surface area contributed by atoms with Crippen molar-refractivity contribution in [3.8, 4) is 0 Å². The van der Waals surface area contributed by atoms with Crippen molar-refractivity contribution in [3.63, 3.8) is 0 Å². The average Bonchev–Trinajstić information content (AvgIpc) is 2.55. The standard InChI is InChI=1S/C17H24O9/c1-9-7-16(21)25-11(3)13(19)8-14(23-4)17(22)26-10(2)12(18)5-6-15(20)24-9/h5-6,9-12,14,18H,7-8H2,1-4H3. The van der Waals surface area contributed by atoms with E-state index in [4.69, 9.17) is 18.9 Å². The van der Waals surface area contributed by atoms with Crippen molar-refractivity contribution in [2.45, 2.75) is 64.1 Å². The van der Waals surface area contributed by atoms with Gasteiger partial charge in [0.15, 0.2) is 18.0 Å². The van der Waals surface area contributed by atoms with Gasteiger partial charge in [-0.15, -0.1) is 0 Å². The van der Waals surface area contributed by atoms with E-state index in [1.165, 1.54) is 27.9 Å². The highest BCUT2D eigenvalue weighted by molar-refractivity contribution is 5.90. The van der Waals surface area contributed by atoms with E-state index in [9.17, 15) is 24.3 Å². The van der Waals surface area contributed by atoms with E-state index in [0.717, 1.165) is 12.2 Å². The van der Waals surface area contributed by atoms with Gasteiger partial charge in [-0.3, -0.25) is 9.59 Å². The molecule has 0 aromatic heterocycles. The molecule has 1 aliphatic rings. The number of carbonyl (C=O) groups excluding carboxylic acids is 4. The summed E-state index contributed by atoms with van der Waals surface area (Å²) in [6.07, 6.45) is -3.88. The molecular weight excluding hydrogens is 348 g/mol. The Morgan fingerprint density at radius 3 is 2.31 bits per heavy atom. The Kier molecular flexibility index (Phi) is 8.40. The Hall–Kier alpha value is -2.26. The van der Waals surface area contributed by atoms with E-state index in [1.54, 1.807) is 0 Å². The molecule has 0 bridgehead atoms. The number of aliphatic hydroxyl groups is 1. The molecule has 1 N–H and O–H groups in total. The Balaban J connectivity index is 3.00. The molecule has 1 heterocycles. The monoisotopic (exact) mass is 372 g/mol. The predicted octanol–water partition coefficient (Wildman–Crippen LogP) is 0.0765. The topological polar surface area (TPSA) is 125 Å². The lowest BCUT2D eigenvalue weighted by Crippen LogP contribution is -2.37. The second kappa shape index (κ2) is 10.0.